The lowest BCUT2D eigenvalue weighted by atomic mass is 10.1. The molecule has 0 amide bonds. The molecule has 4 nitrogen and oxygen atoms in total. The van der Waals surface area contributed by atoms with Crippen LogP contribution in [0.3, 0.4) is 0 Å². The zero-order valence-electron chi connectivity index (χ0n) is 10.8. The van der Waals surface area contributed by atoms with E-state index in [1.165, 1.54) is 0 Å². The number of nitrogens with one attached hydrogen (secondary N) is 1. The normalized spacial score (nSPS) is 12.5. The molecule has 3 aromatic rings. The predicted octanol–water partition coefficient (Wildman–Crippen LogP) is 4.14. The van der Waals surface area contributed by atoms with Crippen molar-refractivity contribution in [1.29, 1.82) is 0 Å². The van der Waals surface area contributed by atoms with E-state index < -0.39 is 6.10 Å². The van der Waals surface area contributed by atoms with Crippen LogP contribution in [0.25, 0.3) is 11.0 Å². The largest absolute Gasteiger partial charge is 0.387 e. The van der Waals surface area contributed by atoms with E-state index in [2.05, 4.69) is 14.1 Å². The molecule has 0 saturated carbocycles. The number of aromatic nitrogens is 2. The van der Waals surface area contributed by atoms with Gasteiger partial charge >= 0.3 is 0 Å². The van der Waals surface area contributed by atoms with Crippen LogP contribution in [0.4, 0.5) is 5.69 Å². The molecule has 0 spiro atoms. The van der Waals surface area contributed by atoms with Gasteiger partial charge in [0.1, 0.15) is 11.0 Å². The highest BCUT2D eigenvalue weighted by Gasteiger charge is 2.14. The summed E-state index contributed by atoms with van der Waals surface area (Å²) < 4.78 is 8.39. The summed E-state index contributed by atoms with van der Waals surface area (Å²) in [6.45, 7) is 0.278. The summed E-state index contributed by atoms with van der Waals surface area (Å²) in [4.78, 5) is 0. The van der Waals surface area contributed by atoms with Crippen LogP contribution in [-0.2, 0) is 0 Å². The van der Waals surface area contributed by atoms with Crippen molar-refractivity contribution in [2.75, 3.05) is 11.9 Å². The van der Waals surface area contributed by atoms with E-state index in [1.54, 1.807) is 18.2 Å². The van der Waals surface area contributed by atoms with Crippen molar-refractivity contribution in [2.45, 2.75) is 6.10 Å². The molecule has 3 rings (SSSR count). The Kier molecular flexibility index (Phi) is 4.26. The lowest BCUT2D eigenvalue weighted by Crippen LogP contribution is -2.13. The number of halogens is 2. The Balaban J connectivity index is 1.82. The minimum atomic E-state index is -0.739. The molecule has 0 fully saturated rings. The van der Waals surface area contributed by atoms with E-state index in [-0.39, 0.29) is 6.54 Å². The number of hydrogen-bond donors (Lipinski definition) is 2. The lowest BCUT2D eigenvalue weighted by Gasteiger charge is -2.15. The highest BCUT2D eigenvalue weighted by atomic mass is 35.5. The Morgan fingerprint density at radius 1 is 1.10 bits per heavy atom. The van der Waals surface area contributed by atoms with Crippen LogP contribution >= 0.6 is 34.9 Å². The zero-order chi connectivity index (χ0) is 14.8. The molecule has 1 heterocycles. The fourth-order valence-electron chi connectivity index (χ4n) is 2.05. The number of fused-ring (bicyclic) bond motifs is 1. The zero-order valence-corrected chi connectivity index (χ0v) is 13.1. The Morgan fingerprint density at radius 2 is 1.90 bits per heavy atom. The van der Waals surface area contributed by atoms with Gasteiger partial charge in [0.05, 0.1) is 28.5 Å². The maximum absolute atomic E-state index is 10.3. The van der Waals surface area contributed by atoms with Crippen molar-refractivity contribution in [1.82, 2.24) is 8.75 Å². The van der Waals surface area contributed by atoms with Crippen molar-refractivity contribution in [2.24, 2.45) is 0 Å². The molecule has 21 heavy (non-hydrogen) atoms. The SMILES string of the molecule is OC(CNc1c(Cl)ccc2nsnc12)c1ccccc1Cl. The molecule has 0 bridgehead atoms. The molecule has 7 heteroatoms. The van der Waals surface area contributed by atoms with E-state index in [0.29, 0.717) is 26.8 Å². The molecule has 0 radical (unpaired) electrons. The maximum atomic E-state index is 10.3. The Hall–Kier alpha value is -1.40. The summed E-state index contributed by atoms with van der Waals surface area (Å²) in [5, 5.41) is 14.5. The molecule has 0 aliphatic carbocycles. The van der Waals surface area contributed by atoms with Crippen LogP contribution in [0.2, 0.25) is 10.0 Å². The number of hydrogen-bond acceptors (Lipinski definition) is 5. The van der Waals surface area contributed by atoms with Crippen LogP contribution in [0, 0.1) is 0 Å². The van der Waals surface area contributed by atoms with Gasteiger partial charge in [0.15, 0.2) is 0 Å². The van der Waals surface area contributed by atoms with Gasteiger partial charge in [0.25, 0.3) is 0 Å². The molecule has 2 aromatic carbocycles. The number of aliphatic hydroxyl groups excluding tert-OH is 1. The summed E-state index contributed by atoms with van der Waals surface area (Å²) in [6, 6.07) is 10.8. The van der Waals surface area contributed by atoms with Gasteiger partial charge < -0.3 is 10.4 Å². The first-order valence-electron chi connectivity index (χ1n) is 6.24. The van der Waals surface area contributed by atoms with E-state index in [1.807, 2.05) is 18.2 Å². The topological polar surface area (TPSA) is 58.0 Å². The number of nitrogens with zero attached hydrogens (tertiary/aromatic N) is 2. The predicted molar refractivity (Wildman–Crippen MR) is 87.3 cm³/mol. The fourth-order valence-corrected chi connectivity index (χ4v) is 3.07. The highest BCUT2D eigenvalue weighted by Crippen LogP contribution is 2.31. The van der Waals surface area contributed by atoms with Crippen LogP contribution < -0.4 is 5.32 Å². The molecule has 0 saturated heterocycles. The first-order chi connectivity index (χ1) is 10.2. The molecular weight excluding hydrogens is 329 g/mol. The van der Waals surface area contributed by atoms with Crippen LogP contribution in [-0.4, -0.2) is 20.4 Å². The third-order valence-corrected chi connectivity index (χ3v) is 4.32. The Bertz CT molecular complexity index is 778. The van der Waals surface area contributed by atoms with Gasteiger partial charge in [-0.2, -0.15) is 8.75 Å². The summed E-state index contributed by atoms with van der Waals surface area (Å²) in [5.74, 6) is 0. The standard InChI is InChI=1S/C14H11Cl2N3OS/c15-9-4-2-1-3-8(9)12(20)7-17-13-10(16)5-6-11-14(13)19-21-18-11/h1-6,12,17,20H,7H2. The van der Waals surface area contributed by atoms with Crippen molar-refractivity contribution in [3.05, 3.63) is 52.0 Å². The van der Waals surface area contributed by atoms with Crippen LogP contribution in [0.15, 0.2) is 36.4 Å². The summed E-state index contributed by atoms with van der Waals surface area (Å²) >= 11 is 13.4. The minimum absolute atomic E-state index is 0.278. The van der Waals surface area contributed by atoms with Gasteiger partial charge in [-0.3, -0.25) is 0 Å². The number of anilines is 1. The third kappa shape index (κ3) is 2.96. The molecule has 2 N–H and O–H groups in total. The maximum Gasteiger partial charge on any atom is 0.129 e. The summed E-state index contributed by atoms with van der Waals surface area (Å²) in [6.07, 6.45) is -0.739. The number of aliphatic hydroxyl groups is 1. The Labute approximate surface area is 135 Å². The smallest absolute Gasteiger partial charge is 0.129 e. The van der Waals surface area contributed by atoms with E-state index in [0.717, 1.165) is 17.2 Å². The quantitative estimate of drug-likeness (QED) is 0.749. The van der Waals surface area contributed by atoms with Gasteiger partial charge in [-0.05, 0) is 18.2 Å². The van der Waals surface area contributed by atoms with Crippen molar-refractivity contribution < 1.29 is 5.11 Å². The first-order valence-corrected chi connectivity index (χ1v) is 7.72. The molecule has 1 atom stereocenters. The molecule has 0 aliphatic heterocycles. The van der Waals surface area contributed by atoms with Crippen molar-refractivity contribution in [3.8, 4) is 0 Å². The lowest BCUT2D eigenvalue weighted by molar-refractivity contribution is 0.192. The second kappa shape index (κ2) is 6.15. The summed E-state index contributed by atoms with van der Waals surface area (Å²) in [7, 11) is 0. The third-order valence-electron chi connectivity index (χ3n) is 3.11. The summed E-state index contributed by atoms with van der Waals surface area (Å²) in [5.41, 5.74) is 2.83. The average Bonchev–Trinajstić information content (AvgIpc) is 2.95. The molecule has 0 aliphatic rings. The number of rotatable bonds is 4. The van der Waals surface area contributed by atoms with Gasteiger partial charge in [-0.25, -0.2) is 0 Å². The second-order valence-corrected chi connectivity index (χ2v) is 5.82. The molecular formula is C14H11Cl2N3OS. The monoisotopic (exact) mass is 339 g/mol. The molecule has 108 valence electrons. The van der Waals surface area contributed by atoms with Crippen molar-refractivity contribution in [3.63, 3.8) is 0 Å². The molecule has 1 unspecified atom stereocenters. The van der Waals surface area contributed by atoms with E-state index >= 15 is 0 Å². The van der Waals surface area contributed by atoms with Gasteiger partial charge in [-0.1, -0.05) is 41.4 Å². The fraction of sp³-hybridized carbons (Fsp3) is 0.143. The minimum Gasteiger partial charge on any atom is -0.387 e. The van der Waals surface area contributed by atoms with E-state index in [9.17, 15) is 5.11 Å². The first kappa shape index (κ1) is 14.5. The van der Waals surface area contributed by atoms with Gasteiger partial charge in [0, 0.05) is 17.1 Å². The van der Waals surface area contributed by atoms with Gasteiger partial charge in [-0.15, -0.1) is 0 Å². The Morgan fingerprint density at radius 3 is 2.71 bits per heavy atom. The molecule has 1 aromatic heterocycles. The van der Waals surface area contributed by atoms with Crippen molar-refractivity contribution >= 4 is 51.7 Å². The van der Waals surface area contributed by atoms with Crippen LogP contribution in [0.5, 0.6) is 0 Å². The van der Waals surface area contributed by atoms with Crippen LogP contribution in [0.1, 0.15) is 11.7 Å². The van der Waals surface area contributed by atoms with Gasteiger partial charge in [0.2, 0.25) is 0 Å². The number of benzene rings is 2. The second-order valence-electron chi connectivity index (χ2n) is 4.47. The van der Waals surface area contributed by atoms with E-state index in [4.69, 9.17) is 23.2 Å². The highest BCUT2D eigenvalue weighted by molar-refractivity contribution is 7.00. The average molecular weight is 340 g/mol.